The molecular weight excluding hydrogens is 348 g/mol. The first-order chi connectivity index (χ1) is 13.0. The predicted octanol–water partition coefficient (Wildman–Crippen LogP) is 2.62. The zero-order valence-electron chi connectivity index (χ0n) is 15.2. The first-order valence-corrected chi connectivity index (χ1v) is 9.66. The highest BCUT2D eigenvalue weighted by atomic mass is 16.4. The summed E-state index contributed by atoms with van der Waals surface area (Å²) in [5.74, 6) is -2.37. The van der Waals surface area contributed by atoms with Crippen molar-refractivity contribution in [3.63, 3.8) is 0 Å². The van der Waals surface area contributed by atoms with E-state index in [0.717, 1.165) is 44.2 Å². The molecule has 0 saturated heterocycles. The molecule has 2 aliphatic carbocycles. The fraction of sp³-hybridized carbons (Fsp3) is 0.550. The maximum Gasteiger partial charge on any atom is 0.322 e. The number of carboxylic acid groups (broad SMARTS) is 1. The molecule has 0 aromatic carbocycles. The van der Waals surface area contributed by atoms with E-state index in [-0.39, 0.29) is 11.3 Å². The zero-order valence-corrected chi connectivity index (χ0v) is 15.2. The Bertz CT molecular complexity index is 839. The molecular formula is C20H24N2O5. The van der Waals surface area contributed by atoms with Gasteiger partial charge >= 0.3 is 5.97 Å². The molecule has 1 aromatic heterocycles. The van der Waals surface area contributed by atoms with Crippen molar-refractivity contribution < 1.29 is 24.6 Å². The number of nitrogens with one attached hydrogen (secondary N) is 1. The minimum absolute atomic E-state index is 0.198. The van der Waals surface area contributed by atoms with Gasteiger partial charge in [-0.15, -0.1) is 0 Å². The number of aliphatic hydroxyl groups is 1. The van der Waals surface area contributed by atoms with E-state index < -0.39 is 29.7 Å². The largest absolute Gasteiger partial charge is 0.509 e. The maximum absolute atomic E-state index is 13.0. The van der Waals surface area contributed by atoms with Crippen molar-refractivity contribution >= 4 is 17.7 Å². The third-order valence-electron chi connectivity index (χ3n) is 6.31. The van der Waals surface area contributed by atoms with E-state index >= 15 is 0 Å². The van der Waals surface area contributed by atoms with E-state index in [2.05, 4.69) is 5.32 Å². The number of Topliss-reactive ketones (excluding diaryl/α,β-unsaturated/α-hetero) is 1. The lowest BCUT2D eigenvalue weighted by Crippen LogP contribution is -2.45. The van der Waals surface area contributed by atoms with Gasteiger partial charge in [-0.25, -0.2) is 0 Å². The number of aliphatic carboxylic acids is 1. The predicted molar refractivity (Wildman–Crippen MR) is 96.7 cm³/mol. The summed E-state index contributed by atoms with van der Waals surface area (Å²) < 4.78 is 2.00. The second kappa shape index (κ2) is 6.55. The minimum Gasteiger partial charge on any atom is -0.509 e. The van der Waals surface area contributed by atoms with Crippen LogP contribution in [-0.4, -0.2) is 39.0 Å². The molecule has 0 radical (unpaired) electrons. The van der Waals surface area contributed by atoms with Crippen LogP contribution < -0.4 is 5.32 Å². The summed E-state index contributed by atoms with van der Waals surface area (Å²) in [6.07, 6.45) is 7.63. The van der Waals surface area contributed by atoms with Crippen LogP contribution in [0.4, 0.5) is 0 Å². The molecule has 1 aromatic rings. The number of aliphatic hydroxyl groups excluding tert-OH is 1. The van der Waals surface area contributed by atoms with Gasteiger partial charge in [0.25, 0.3) is 5.91 Å². The Kier molecular flexibility index (Phi) is 4.32. The van der Waals surface area contributed by atoms with Crippen molar-refractivity contribution in [1.29, 1.82) is 0 Å². The van der Waals surface area contributed by atoms with Gasteiger partial charge in [-0.05, 0) is 43.7 Å². The quantitative estimate of drug-likeness (QED) is 0.704. The van der Waals surface area contributed by atoms with Gasteiger partial charge in [0, 0.05) is 5.69 Å². The Morgan fingerprint density at radius 3 is 2.44 bits per heavy atom. The number of carboxylic acids is 1. The van der Waals surface area contributed by atoms with Crippen LogP contribution in [0.1, 0.15) is 73.5 Å². The molecule has 0 bridgehead atoms. The lowest BCUT2D eigenvalue weighted by atomic mass is 9.84. The number of nitrogens with zero attached hydrogens (tertiary/aromatic N) is 1. The van der Waals surface area contributed by atoms with Crippen LogP contribution in [-0.2, 0) is 15.1 Å². The molecule has 1 amide bonds. The Balaban J connectivity index is 1.81. The lowest BCUT2D eigenvalue weighted by Gasteiger charge is -2.39. The topological polar surface area (TPSA) is 109 Å². The summed E-state index contributed by atoms with van der Waals surface area (Å²) in [7, 11) is 0. The number of carbonyl (C=O) groups excluding carboxylic acids is 2. The third-order valence-corrected chi connectivity index (χ3v) is 6.31. The van der Waals surface area contributed by atoms with Crippen molar-refractivity contribution in [3.8, 4) is 0 Å². The van der Waals surface area contributed by atoms with Gasteiger partial charge < -0.3 is 20.1 Å². The summed E-state index contributed by atoms with van der Waals surface area (Å²) in [4.78, 5) is 36.3. The highest BCUT2D eigenvalue weighted by Crippen LogP contribution is 2.49. The number of amides is 1. The summed E-state index contributed by atoms with van der Waals surface area (Å²) in [5.41, 5.74) is 0.439. The number of carbonyl (C=O) groups is 3. The average molecular weight is 372 g/mol. The first kappa shape index (κ1) is 17.8. The molecule has 7 nitrogen and oxygen atoms in total. The van der Waals surface area contributed by atoms with Gasteiger partial charge in [0.05, 0.1) is 5.69 Å². The third kappa shape index (κ3) is 2.67. The van der Waals surface area contributed by atoms with Gasteiger partial charge in [-0.1, -0.05) is 25.7 Å². The standard InChI is InChI=1S/C20H24N2O5/c23-15(24)11-21-19(27)16-17(25)14-8-7-13(12-5-1-2-6-12)22(14)20(18(16)26)9-3-4-10-20/h7-8,12,26H,1-6,9-11H2,(H,21,27)(H,23,24). The molecule has 3 N–H and O–H groups in total. The molecule has 2 saturated carbocycles. The van der Waals surface area contributed by atoms with Gasteiger partial charge in [-0.3, -0.25) is 14.4 Å². The van der Waals surface area contributed by atoms with Crippen LogP contribution in [0.3, 0.4) is 0 Å². The van der Waals surface area contributed by atoms with Crippen LogP contribution in [0, 0.1) is 0 Å². The number of rotatable bonds is 4. The second-order valence-electron chi connectivity index (χ2n) is 7.83. The molecule has 7 heteroatoms. The summed E-state index contributed by atoms with van der Waals surface area (Å²) in [5, 5.41) is 22.1. The number of hydrogen-bond donors (Lipinski definition) is 3. The molecule has 4 rings (SSSR count). The average Bonchev–Trinajstić information content (AvgIpc) is 3.38. The Morgan fingerprint density at radius 1 is 1.15 bits per heavy atom. The number of fused-ring (bicyclic) bond motifs is 2. The van der Waals surface area contributed by atoms with Gasteiger partial charge in [0.1, 0.15) is 23.4 Å². The molecule has 144 valence electrons. The molecule has 0 atom stereocenters. The van der Waals surface area contributed by atoms with Crippen LogP contribution >= 0.6 is 0 Å². The van der Waals surface area contributed by atoms with E-state index in [9.17, 15) is 19.5 Å². The molecule has 2 heterocycles. The maximum atomic E-state index is 13.0. The van der Waals surface area contributed by atoms with Crippen LogP contribution in [0.2, 0.25) is 0 Å². The fourth-order valence-corrected chi connectivity index (χ4v) is 5.10. The van der Waals surface area contributed by atoms with E-state index in [0.29, 0.717) is 24.5 Å². The van der Waals surface area contributed by atoms with Crippen molar-refractivity contribution in [2.45, 2.75) is 62.8 Å². The molecule has 2 fully saturated rings. The van der Waals surface area contributed by atoms with Crippen LogP contribution in [0.25, 0.3) is 0 Å². The molecule has 27 heavy (non-hydrogen) atoms. The summed E-state index contributed by atoms with van der Waals surface area (Å²) >= 11 is 0. The fourth-order valence-electron chi connectivity index (χ4n) is 5.10. The molecule has 0 unspecified atom stereocenters. The van der Waals surface area contributed by atoms with Gasteiger partial charge in [0.2, 0.25) is 5.78 Å². The first-order valence-electron chi connectivity index (χ1n) is 9.66. The van der Waals surface area contributed by atoms with Crippen molar-refractivity contribution in [2.75, 3.05) is 6.54 Å². The number of hydrogen-bond acceptors (Lipinski definition) is 4. The Labute approximate surface area is 157 Å². The molecule has 3 aliphatic rings. The Morgan fingerprint density at radius 2 is 1.81 bits per heavy atom. The van der Waals surface area contributed by atoms with E-state index in [1.54, 1.807) is 6.07 Å². The summed E-state index contributed by atoms with van der Waals surface area (Å²) in [6, 6.07) is 3.72. The molecule has 1 spiro atoms. The lowest BCUT2D eigenvalue weighted by molar-refractivity contribution is -0.137. The van der Waals surface area contributed by atoms with Crippen molar-refractivity contribution in [2.24, 2.45) is 0 Å². The highest BCUT2D eigenvalue weighted by molar-refractivity contribution is 6.26. The van der Waals surface area contributed by atoms with Crippen LogP contribution in [0.5, 0.6) is 0 Å². The molecule has 1 aliphatic heterocycles. The zero-order chi connectivity index (χ0) is 19.2. The van der Waals surface area contributed by atoms with E-state index in [4.69, 9.17) is 5.11 Å². The van der Waals surface area contributed by atoms with Gasteiger partial charge in [0.15, 0.2) is 0 Å². The number of aromatic nitrogens is 1. The van der Waals surface area contributed by atoms with Crippen molar-refractivity contribution in [3.05, 3.63) is 34.9 Å². The van der Waals surface area contributed by atoms with Gasteiger partial charge in [-0.2, -0.15) is 0 Å². The minimum atomic E-state index is -1.20. The SMILES string of the molecule is O=C(O)CNC(=O)C1=C(O)C2(CCCC2)n2c(ccc2C2CCCC2)C1=O. The van der Waals surface area contributed by atoms with E-state index in [1.807, 2.05) is 10.6 Å². The normalized spacial score (nSPS) is 21.7. The smallest absolute Gasteiger partial charge is 0.322 e. The van der Waals surface area contributed by atoms with Crippen molar-refractivity contribution in [1.82, 2.24) is 9.88 Å². The highest BCUT2D eigenvalue weighted by Gasteiger charge is 2.50. The van der Waals surface area contributed by atoms with Crippen LogP contribution in [0.15, 0.2) is 23.5 Å². The monoisotopic (exact) mass is 372 g/mol. The number of ketones is 1. The van der Waals surface area contributed by atoms with E-state index in [1.165, 1.54) is 0 Å². The summed E-state index contributed by atoms with van der Waals surface area (Å²) in [6.45, 7) is -0.593. The second-order valence-corrected chi connectivity index (χ2v) is 7.83. The number of allylic oxidation sites excluding steroid dienone is 1. The Hall–Kier alpha value is -2.57.